The number of aromatic nitrogens is 2. The summed E-state index contributed by atoms with van der Waals surface area (Å²) in [4.78, 5) is 27.6. The Balaban J connectivity index is 1.35. The number of anilines is 1. The molecule has 6 nitrogen and oxygen atoms in total. The molecule has 6 heteroatoms. The fraction of sp³-hybridized carbons (Fsp3) is 0.500. The van der Waals surface area contributed by atoms with Gasteiger partial charge in [0.1, 0.15) is 0 Å². The van der Waals surface area contributed by atoms with Gasteiger partial charge in [0, 0.05) is 25.0 Å². The van der Waals surface area contributed by atoms with E-state index < -0.39 is 0 Å². The fourth-order valence-corrected chi connectivity index (χ4v) is 4.04. The number of carbonyl (C=O) groups is 1. The minimum Gasteiger partial charge on any atom is -0.331 e. The van der Waals surface area contributed by atoms with E-state index in [-0.39, 0.29) is 5.91 Å². The molecule has 2 aliphatic rings. The average molecular weight is 381 g/mol. The van der Waals surface area contributed by atoms with Crippen LogP contribution in [0, 0.1) is 5.92 Å². The topological polar surface area (TPSA) is 53.8 Å². The molecule has 1 aromatic carbocycles. The Bertz CT molecular complexity index is 757. The summed E-state index contributed by atoms with van der Waals surface area (Å²) in [5.74, 6) is 1.75. The summed E-state index contributed by atoms with van der Waals surface area (Å²) < 4.78 is 0. The molecule has 28 heavy (non-hydrogen) atoms. The molecule has 1 amide bonds. The van der Waals surface area contributed by atoms with Gasteiger partial charge in [0.25, 0.3) is 5.91 Å². The summed E-state index contributed by atoms with van der Waals surface area (Å²) in [6, 6.07) is 12.5. The molecule has 1 saturated heterocycles. The lowest BCUT2D eigenvalue weighted by atomic mass is 10.1. The Labute approximate surface area is 167 Å². The maximum atomic E-state index is 13.2. The Morgan fingerprint density at radius 2 is 1.82 bits per heavy atom. The van der Waals surface area contributed by atoms with Crippen LogP contribution in [0.15, 0.2) is 48.8 Å². The van der Waals surface area contributed by atoms with Gasteiger partial charge in [-0.15, -0.1) is 0 Å². The minimum absolute atomic E-state index is 0.280. The number of piperazine rings is 1. The highest BCUT2D eigenvalue weighted by Crippen LogP contribution is 2.35. The van der Waals surface area contributed by atoms with Gasteiger partial charge in [0.05, 0.1) is 26.2 Å². The quantitative estimate of drug-likeness (QED) is 0.779. The summed E-state index contributed by atoms with van der Waals surface area (Å²) in [5, 5.41) is 0. The van der Waals surface area contributed by atoms with Gasteiger partial charge in [-0.25, -0.2) is 9.97 Å². The van der Waals surface area contributed by atoms with Gasteiger partial charge in [-0.05, 0) is 37.3 Å². The molecular weight excluding hydrogens is 350 g/mol. The number of nitrogens with zero attached hydrogens (tertiary/aromatic N) is 4. The van der Waals surface area contributed by atoms with Gasteiger partial charge in [0.2, 0.25) is 5.95 Å². The van der Waals surface area contributed by atoms with Crippen LogP contribution in [-0.4, -0.2) is 59.5 Å². The van der Waals surface area contributed by atoms with Crippen LogP contribution in [0.2, 0.25) is 0 Å². The van der Waals surface area contributed by atoms with Crippen molar-refractivity contribution in [3.05, 3.63) is 54.4 Å². The van der Waals surface area contributed by atoms with E-state index in [9.17, 15) is 4.79 Å². The van der Waals surface area contributed by atoms with Crippen LogP contribution in [0.3, 0.4) is 0 Å². The molecule has 2 heterocycles. The Kier molecular flexibility index (Phi) is 5.86. The average Bonchev–Trinajstić information content (AvgIpc) is 3.59. The van der Waals surface area contributed by atoms with E-state index in [1.165, 1.54) is 23.3 Å². The highest BCUT2D eigenvalue weighted by Gasteiger charge is 2.35. The van der Waals surface area contributed by atoms with Crippen LogP contribution in [-0.2, 0) is 11.3 Å². The first kappa shape index (κ1) is 18.9. The molecule has 1 saturated carbocycles. The zero-order valence-corrected chi connectivity index (χ0v) is 16.6. The number of rotatable bonds is 7. The summed E-state index contributed by atoms with van der Waals surface area (Å²) in [6.45, 7) is 7.19. The minimum atomic E-state index is 0.280. The number of nitrogens with one attached hydrogen (secondary N) is 1. The number of quaternary nitrogens is 1. The Morgan fingerprint density at radius 1 is 1.14 bits per heavy atom. The SMILES string of the molecule is C[C@@H](C1CC1)N(Cc1ccccc1)C(=O)C[NH+]1CCN(c2ncccn2)CC1. The number of benzene rings is 1. The standard InChI is InChI=1S/C22H29N5O/c1-18(20-8-9-20)27(16-19-6-3-2-4-7-19)21(28)17-25-12-14-26(15-13-25)22-23-10-5-11-24-22/h2-7,10-11,18,20H,8-9,12-17H2,1H3/p+1/t18-/m0/s1. The lowest BCUT2D eigenvalue weighted by Gasteiger charge is -2.34. The molecule has 0 unspecified atom stereocenters. The van der Waals surface area contributed by atoms with E-state index in [1.807, 2.05) is 12.1 Å². The van der Waals surface area contributed by atoms with Crippen LogP contribution in [0.1, 0.15) is 25.3 Å². The normalized spacial score (nSPS) is 18.7. The van der Waals surface area contributed by atoms with Gasteiger partial charge < -0.3 is 14.7 Å². The molecule has 2 aromatic rings. The van der Waals surface area contributed by atoms with E-state index in [0.717, 1.165) is 32.1 Å². The van der Waals surface area contributed by atoms with Crippen molar-refractivity contribution in [2.45, 2.75) is 32.4 Å². The zero-order valence-electron chi connectivity index (χ0n) is 16.6. The van der Waals surface area contributed by atoms with Gasteiger partial charge in [-0.3, -0.25) is 4.79 Å². The van der Waals surface area contributed by atoms with Crippen molar-refractivity contribution < 1.29 is 9.69 Å². The van der Waals surface area contributed by atoms with E-state index in [0.29, 0.717) is 25.0 Å². The van der Waals surface area contributed by atoms with E-state index in [4.69, 9.17) is 0 Å². The van der Waals surface area contributed by atoms with Crippen molar-refractivity contribution in [2.75, 3.05) is 37.6 Å². The lowest BCUT2D eigenvalue weighted by Crippen LogP contribution is -3.16. The third kappa shape index (κ3) is 4.68. The highest BCUT2D eigenvalue weighted by atomic mass is 16.2. The summed E-state index contributed by atoms with van der Waals surface area (Å²) in [5.41, 5.74) is 1.21. The van der Waals surface area contributed by atoms with E-state index in [2.05, 4.69) is 51.0 Å². The predicted octanol–water partition coefficient (Wildman–Crippen LogP) is 1.01. The van der Waals surface area contributed by atoms with Gasteiger partial charge in [0.15, 0.2) is 6.54 Å². The van der Waals surface area contributed by atoms with Crippen LogP contribution >= 0.6 is 0 Å². The molecule has 2 fully saturated rings. The second-order valence-corrected chi connectivity index (χ2v) is 8.05. The van der Waals surface area contributed by atoms with Crippen LogP contribution < -0.4 is 9.80 Å². The monoisotopic (exact) mass is 380 g/mol. The van der Waals surface area contributed by atoms with Crippen LogP contribution in [0.25, 0.3) is 0 Å². The second-order valence-electron chi connectivity index (χ2n) is 8.05. The molecule has 4 rings (SSSR count). The molecular formula is C22H30N5O+. The second kappa shape index (κ2) is 8.69. The third-order valence-electron chi connectivity index (χ3n) is 6.02. The van der Waals surface area contributed by atoms with Crippen molar-refractivity contribution in [3.8, 4) is 0 Å². The summed E-state index contributed by atoms with van der Waals surface area (Å²) in [7, 11) is 0. The van der Waals surface area contributed by atoms with Gasteiger partial charge in [-0.2, -0.15) is 0 Å². The Morgan fingerprint density at radius 3 is 2.46 bits per heavy atom. The first-order valence-electron chi connectivity index (χ1n) is 10.4. The predicted molar refractivity (Wildman–Crippen MR) is 109 cm³/mol. The number of hydrogen-bond acceptors (Lipinski definition) is 4. The number of hydrogen-bond donors (Lipinski definition) is 1. The molecule has 0 spiro atoms. The first-order chi connectivity index (χ1) is 13.7. The van der Waals surface area contributed by atoms with Crippen molar-refractivity contribution in [2.24, 2.45) is 5.92 Å². The smallest absolute Gasteiger partial charge is 0.278 e. The molecule has 0 radical (unpaired) electrons. The number of amides is 1. The molecule has 1 N–H and O–H groups in total. The molecule has 1 aliphatic carbocycles. The Hall–Kier alpha value is -2.47. The summed E-state index contributed by atoms with van der Waals surface area (Å²) >= 11 is 0. The van der Waals surface area contributed by atoms with Crippen LogP contribution in [0.4, 0.5) is 5.95 Å². The third-order valence-corrected chi connectivity index (χ3v) is 6.02. The molecule has 148 valence electrons. The largest absolute Gasteiger partial charge is 0.331 e. The number of carbonyl (C=O) groups excluding carboxylic acids is 1. The van der Waals surface area contributed by atoms with Gasteiger partial charge in [-0.1, -0.05) is 30.3 Å². The van der Waals surface area contributed by atoms with Crippen molar-refractivity contribution in [3.63, 3.8) is 0 Å². The molecule has 1 aliphatic heterocycles. The van der Waals surface area contributed by atoms with E-state index in [1.54, 1.807) is 12.4 Å². The van der Waals surface area contributed by atoms with Crippen molar-refractivity contribution >= 4 is 11.9 Å². The van der Waals surface area contributed by atoms with E-state index >= 15 is 0 Å². The maximum absolute atomic E-state index is 13.2. The first-order valence-corrected chi connectivity index (χ1v) is 10.4. The van der Waals surface area contributed by atoms with Gasteiger partial charge >= 0.3 is 0 Å². The molecule has 1 atom stereocenters. The summed E-state index contributed by atoms with van der Waals surface area (Å²) in [6.07, 6.45) is 6.07. The fourth-order valence-electron chi connectivity index (χ4n) is 4.04. The lowest BCUT2D eigenvalue weighted by molar-refractivity contribution is -0.892. The molecule has 1 aromatic heterocycles. The zero-order chi connectivity index (χ0) is 19.3. The van der Waals surface area contributed by atoms with Crippen molar-refractivity contribution in [1.29, 1.82) is 0 Å². The highest BCUT2D eigenvalue weighted by molar-refractivity contribution is 5.77. The maximum Gasteiger partial charge on any atom is 0.278 e. The van der Waals surface area contributed by atoms with Crippen molar-refractivity contribution in [1.82, 2.24) is 14.9 Å². The van der Waals surface area contributed by atoms with Crippen LogP contribution in [0.5, 0.6) is 0 Å². The molecule has 0 bridgehead atoms.